The molecule has 2 aromatic carbocycles. The van der Waals surface area contributed by atoms with Crippen molar-refractivity contribution in [3.05, 3.63) is 58.6 Å². The van der Waals surface area contributed by atoms with Gasteiger partial charge in [-0.3, -0.25) is 0 Å². The predicted octanol–water partition coefficient (Wildman–Crippen LogP) is 3.54. The van der Waals surface area contributed by atoms with E-state index in [-0.39, 0.29) is 16.7 Å². The summed E-state index contributed by atoms with van der Waals surface area (Å²) in [5, 5.41) is 9.31. The van der Waals surface area contributed by atoms with Crippen LogP contribution in [0.5, 0.6) is 5.75 Å². The van der Waals surface area contributed by atoms with Crippen molar-refractivity contribution in [2.24, 2.45) is 0 Å². The van der Waals surface area contributed by atoms with E-state index in [0.29, 0.717) is 4.47 Å². The van der Waals surface area contributed by atoms with Gasteiger partial charge in [-0.25, -0.2) is 8.42 Å². The number of hydrogen-bond acceptors (Lipinski definition) is 3. The van der Waals surface area contributed by atoms with E-state index in [1.165, 1.54) is 4.31 Å². The quantitative estimate of drug-likeness (QED) is 0.896. The van der Waals surface area contributed by atoms with Gasteiger partial charge in [0.15, 0.2) is 0 Å². The first-order valence-corrected chi connectivity index (χ1v) is 8.58. The third kappa shape index (κ3) is 3.45. The van der Waals surface area contributed by atoms with Crippen LogP contribution < -0.4 is 0 Å². The van der Waals surface area contributed by atoms with Crippen LogP contribution >= 0.6 is 15.9 Å². The molecule has 0 fully saturated rings. The molecule has 0 aromatic heterocycles. The van der Waals surface area contributed by atoms with E-state index >= 15 is 0 Å². The molecular formula is C15H16BrNO3S. The predicted molar refractivity (Wildman–Crippen MR) is 85.6 cm³/mol. The minimum atomic E-state index is -3.58. The average molecular weight is 370 g/mol. The molecule has 0 bridgehead atoms. The van der Waals surface area contributed by atoms with Gasteiger partial charge >= 0.3 is 0 Å². The summed E-state index contributed by atoms with van der Waals surface area (Å²) in [5.74, 6) is 0.156. The first-order chi connectivity index (χ1) is 9.82. The highest BCUT2D eigenvalue weighted by Gasteiger charge is 2.26. The summed E-state index contributed by atoms with van der Waals surface area (Å²) >= 11 is 3.28. The number of phenolic OH excluding ortho intramolecular Hbond substituents is 1. The maximum atomic E-state index is 12.6. The van der Waals surface area contributed by atoms with Crippen molar-refractivity contribution >= 4 is 26.0 Å². The van der Waals surface area contributed by atoms with Crippen LogP contribution in [0, 0.1) is 0 Å². The van der Waals surface area contributed by atoms with Gasteiger partial charge < -0.3 is 5.11 Å². The third-order valence-corrected chi connectivity index (χ3v) is 5.81. The summed E-state index contributed by atoms with van der Waals surface area (Å²) in [6, 6.07) is 12.8. The maximum absolute atomic E-state index is 12.6. The molecule has 0 heterocycles. The number of benzene rings is 2. The maximum Gasteiger partial charge on any atom is 0.243 e. The molecule has 0 aliphatic rings. The van der Waals surface area contributed by atoms with Crippen molar-refractivity contribution in [1.29, 1.82) is 0 Å². The summed E-state index contributed by atoms with van der Waals surface area (Å²) in [4.78, 5) is 0.241. The molecular weight excluding hydrogens is 354 g/mol. The zero-order valence-corrected chi connectivity index (χ0v) is 14.1. The lowest BCUT2D eigenvalue weighted by Crippen LogP contribution is -2.29. The summed E-state index contributed by atoms with van der Waals surface area (Å²) in [7, 11) is -2.03. The van der Waals surface area contributed by atoms with Crippen molar-refractivity contribution in [2.75, 3.05) is 7.05 Å². The molecule has 0 saturated heterocycles. The lowest BCUT2D eigenvalue weighted by molar-refractivity contribution is 0.398. The molecule has 2 aromatic rings. The van der Waals surface area contributed by atoms with Crippen molar-refractivity contribution in [3.63, 3.8) is 0 Å². The minimum absolute atomic E-state index is 0.156. The summed E-state index contributed by atoms with van der Waals surface area (Å²) in [6.45, 7) is 1.81. The molecule has 0 aliphatic carbocycles. The molecule has 0 amide bonds. The van der Waals surface area contributed by atoms with Gasteiger partial charge in [0.05, 0.1) is 4.90 Å². The van der Waals surface area contributed by atoms with Crippen molar-refractivity contribution < 1.29 is 13.5 Å². The second-order valence-corrected chi connectivity index (χ2v) is 7.66. The van der Waals surface area contributed by atoms with Gasteiger partial charge in [-0.05, 0) is 42.8 Å². The lowest BCUT2D eigenvalue weighted by atomic mass is 10.1. The molecule has 1 unspecified atom stereocenters. The van der Waals surface area contributed by atoms with Gasteiger partial charge in [0.1, 0.15) is 5.75 Å². The standard InChI is InChI=1S/C15H16BrNO3S/c1-11(12-6-8-14(18)9-7-12)17(2)21(19,20)15-5-3-4-13(16)10-15/h3-11,18H,1-2H3. The monoisotopic (exact) mass is 369 g/mol. The molecule has 2 rings (SSSR count). The normalized spacial score (nSPS) is 13.3. The van der Waals surface area contributed by atoms with E-state index in [9.17, 15) is 13.5 Å². The fraction of sp³-hybridized carbons (Fsp3) is 0.200. The Morgan fingerprint density at radius 1 is 1.14 bits per heavy atom. The van der Waals surface area contributed by atoms with Crippen molar-refractivity contribution in [2.45, 2.75) is 17.9 Å². The Hall–Kier alpha value is -1.37. The topological polar surface area (TPSA) is 57.6 Å². The van der Waals surface area contributed by atoms with Crippen LogP contribution in [0.4, 0.5) is 0 Å². The van der Waals surface area contributed by atoms with Crippen molar-refractivity contribution in [1.82, 2.24) is 4.31 Å². The molecule has 1 N–H and O–H groups in total. The van der Waals surface area contributed by atoms with Crippen LogP contribution in [0.3, 0.4) is 0 Å². The number of hydrogen-bond donors (Lipinski definition) is 1. The zero-order valence-electron chi connectivity index (χ0n) is 11.7. The van der Waals surface area contributed by atoms with Crippen molar-refractivity contribution in [3.8, 4) is 5.75 Å². The molecule has 4 nitrogen and oxygen atoms in total. The van der Waals surface area contributed by atoms with Crippen LogP contribution in [0.2, 0.25) is 0 Å². The van der Waals surface area contributed by atoms with Gasteiger partial charge in [0, 0.05) is 17.6 Å². The first kappa shape index (κ1) is 16.0. The molecule has 112 valence electrons. The lowest BCUT2D eigenvalue weighted by Gasteiger charge is -2.24. The van der Waals surface area contributed by atoms with E-state index in [0.717, 1.165) is 5.56 Å². The third-order valence-electron chi connectivity index (χ3n) is 3.39. The molecule has 1 atom stereocenters. The van der Waals surface area contributed by atoms with E-state index in [1.807, 2.05) is 6.92 Å². The van der Waals surface area contributed by atoms with Crippen LogP contribution in [0.15, 0.2) is 57.9 Å². The van der Waals surface area contributed by atoms with Gasteiger partial charge in [-0.15, -0.1) is 0 Å². The SMILES string of the molecule is CC(c1ccc(O)cc1)N(C)S(=O)(=O)c1cccc(Br)c1. The number of sulfonamides is 1. The number of halogens is 1. The molecule has 21 heavy (non-hydrogen) atoms. The van der Waals surface area contributed by atoms with E-state index in [2.05, 4.69) is 15.9 Å². The molecule has 0 aliphatic heterocycles. The fourth-order valence-electron chi connectivity index (χ4n) is 1.96. The Labute approximate surface area is 133 Å². The Balaban J connectivity index is 2.33. The minimum Gasteiger partial charge on any atom is -0.508 e. The second kappa shape index (κ2) is 6.17. The smallest absolute Gasteiger partial charge is 0.243 e. The highest BCUT2D eigenvalue weighted by Crippen LogP contribution is 2.27. The highest BCUT2D eigenvalue weighted by atomic mass is 79.9. The average Bonchev–Trinajstić information content (AvgIpc) is 2.46. The molecule has 0 radical (unpaired) electrons. The van der Waals surface area contributed by atoms with E-state index in [4.69, 9.17) is 0 Å². The second-order valence-electron chi connectivity index (χ2n) is 4.75. The molecule has 0 saturated carbocycles. The number of phenols is 1. The van der Waals surface area contributed by atoms with Crippen LogP contribution in [-0.2, 0) is 10.0 Å². The van der Waals surface area contributed by atoms with Crippen LogP contribution in [0.25, 0.3) is 0 Å². The Morgan fingerprint density at radius 3 is 2.33 bits per heavy atom. The van der Waals surface area contributed by atoms with E-state index in [1.54, 1.807) is 55.6 Å². The first-order valence-electron chi connectivity index (χ1n) is 6.35. The van der Waals surface area contributed by atoms with Gasteiger partial charge in [-0.2, -0.15) is 4.31 Å². The number of aromatic hydroxyl groups is 1. The largest absolute Gasteiger partial charge is 0.508 e. The van der Waals surface area contributed by atoms with E-state index < -0.39 is 10.0 Å². The summed E-state index contributed by atoms with van der Waals surface area (Å²) in [5.41, 5.74) is 0.814. The molecule has 0 spiro atoms. The number of rotatable bonds is 4. The Morgan fingerprint density at radius 2 is 1.76 bits per heavy atom. The Kier molecular flexibility index (Phi) is 4.70. The Bertz CT molecular complexity index is 729. The van der Waals surface area contributed by atoms with Gasteiger partial charge in [0.2, 0.25) is 10.0 Å². The molecule has 6 heteroatoms. The van der Waals surface area contributed by atoms with Crippen LogP contribution in [0.1, 0.15) is 18.5 Å². The fourth-order valence-corrected chi connectivity index (χ4v) is 3.91. The summed E-state index contributed by atoms with van der Waals surface area (Å²) in [6.07, 6.45) is 0. The number of nitrogens with zero attached hydrogens (tertiary/aromatic N) is 1. The van der Waals surface area contributed by atoms with Crippen LogP contribution in [-0.4, -0.2) is 24.9 Å². The highest BCUT2D eigenvalue weighted by molar-refractivity contribution is 9.10. The zero-order chi connectivity index (χ0) is 15.6. The van der Waals surface area contributed by atoms with Gasteiger partial charge in [-0.1, -0.05) is 34.1 Å². The van der Waals surface area contributed by atoms with Gasteiger partial charge in [0.25, 0.3) is 0 Å². The summed E-state index contributed by atoms with van der Waals surface area (Å²) < 4.78 is 27.3.